The third kappa shape index (κ3) is 4.78. The van der Waals surface area contributed by atoms with Crippen molar-refractivity contribution in [2.24, 2.45) is 5.73 Å². The SMILES string of the molecule is COc1cc([C@@H](N)CO)cc(NC(=O)OC(C)(C)C)c1OC. The minimum Gasteiger partial charge on any atom is -0.493 e. The molecular weight excluding hydrogens is 288 g/mol. The van der Waals surface area contributed by atoms with Crippen LogP contribution in [0, 0.1) is 0 Å². The van der Waals surface area contributed by atoms with Crippen LogP contribution in [0.5, 0.6) is 11.5 Å². The summed E-state index contributed by atoms with van der Waals surface area (Å²) in [6, 6.07) is 2.67. The molecule has 0 fully saturated rings. The molecule has 0 spiro atoms. The summed E-state index contributed by atoms with van der Waals surface area (Å²) < 4.78 is 15.7. The first kappa shape index (κ1) is 18.1. The van der Waals surface area contributed by atoms with E-state index in [1.165, 1.54) is 14.2 Å². The van der Waals surface area contributed by atoms with Crippen molar-refractivity contribution >= 4 is 11.8 Å². The molecule has 0 radical (unpaired) electrons. The monoisotopic (exact) mass is 312 g/mol. The Bertz CT molecular complexity index is 525. The van der Waals surface area contributed by atoms with E-state index in [0.717, 1.165) is 0 Å². The molecule has 0 aliphatic carbocycles. The molecule has 1 aromatic carbocycles. The molecule has 0 saturated heterocycles. The number of nitrogens with two attached hydrogens (primary N) is 1. The van der Waals surface area contributed by atoms with Gasteiger partial charge in [0.1, 0.15) is 5.60 Å². The van der Waals surface area contributed by atoms with Gasteiger partial charge >= 0.3 is 6.09 Å². The average molecular weight is 312 g/mol. The van der Waals surface area contributed by atoms with Crippen LogP contribution in [-0.4, -0.2) is 37.6 Å². The average Bonchev–Trinajstić information content (AvgIpc) is 2.43. The van der Waals surface area contributed by atoms with Gasteiger partial charge in [-0.1, -0.05) is 0 Å². The highest BCUT2D eigenvalue weighted by atomic mass is 16.6. The van der Waals surface area contributed by atoms with Gasteiger partial charge in [0.15, 0.2) is 11.5 Å². The van der Waals surface area contributed by atoms with Gasteiger partial charge in [-0.2, -0.15) is 0 Å². The van der Waals surface area contributed by atoms with E-state index in [0.29, 0.717) is 22.7 Å². The molecule has 0 bridgehead atoms. The van der Waals surface area contributed by atoms with Gasteiger partial charge < -0.3 is 25.1 Å². The van der Waals surface area contributed by atoms with Gasteiger partial charge in [-0.3, -0.25) is 5.32 Å². The van der Waals surface area contributed by atoms with E-state index in [1.54, 1.807) is 32.9 Å². The Balaban J connectivity index is 3.17. The highest BCUT2D eigenvalue weighted by Gasteiger charge is 2.21. The summed E-state index contributed by atoms with van der Waals surface area (Å²) in [6.45, 7) is 5.06. The molecule has 124 valence electrons. The van der Waals surface area contributed by atoms with Crippen molar-refractivity contribution in [1.82, 2.24) is 0 Å². The lowest BCUT2D eigenvalue weighted by molar-refractivity contribution is 0.0635. The number of carbonyl (C=O) groups is 1. The fraction of sp³-hybridized carbons (Fsp3) is 0.533. The van der Waals surface area contributed by atoms with Crippen LogP contribution in [0.25, 0.3) is 0 Å². The van der Waals surface area contributed by atoms with Gasteiger partial charge in [-0.05, 0) is 38.5 Å². The molecule has 0 aliphatic heterocycles. The Morgan fingerprint density at radius 2 is 1.95 bits per heavy atom. The number of methoxy groups -OCH3 is 2. The van der Waals surface area contributed by atoms with Crippen molar-refractivity contribution in [3.63, 3.8) is 0 Å². The molecule has 0 unspecified atom stereocenters. The Kier molecular flexibility index (Phi) is 6.01. The molecule has 7 heteroatoms. The zero-order chi connectivity index (χ0) is 16.9. The fourth-order valence-electron chi connectivity index (χ4n) is 1.81. The molecule has 22 heavy (non-hydrogen) atoms. The Morgan fingerprint density at radius 1 is 1.32 bits per heavy atom. The van der Waals surface area contributed by atoms with Crippen molar-refractivity contribution in [2.75, 3.05) is 26.1 Å². The van der Waals surface area contributed by atoms with E-state index < -0.39 is 17.7 Å². The maximum absolute atomic E-state index is 11.9. The van der Waals surface area contributed by atoms with Gasteiger partial charge in [-0.25, -0.2) is 4.79 Å². The minimum atomic E-state index is -0.624. The van der Waals surface area contributed by atoms with Crippen LogP contribution in [0.15, 0.2) is 12.1 Å². The number of ether oxygens (including phenoxy) is 3. The van der Waals surface area contributed by atoms with Gasteiger partial charge in [0, 0.05) is 0 Å². The van der Waals surface area contributed by atoms with Crippen molar-refractivity contribution in [2.45, 2.75) is 32.4 Å². The van der Waals surface area contributed by atoms with Crippen LogP contribution in [-0.2, 0) is 4.74 Å². The summed E-state index contributed by atoms with van der Waals surface area (Å²) >= 11 is 0. The summed E-state index contributed by atoms with van der Waals surface area (Å²) in [5.74, 6) is 0.747. The first-order valence-corrected chi connectivity index (χ1v) is 6.84. The topological polar surface area (TPSA) is 103 Å². The Hall–Kier alpha value is -1.99. The van der Waals surface area contributed by atoms with Crippen molar-refractivity contribution in [3.05, 3.63) is 17.7 Å². The largest absolute Gasteiger partial charge is 0.493 e. The summed E-state index contributed by atoms with van der Waals surface area (Å²) in [5, 5.41) is 11.8. The molecule has 0 saturated carbocycles. The Morgan fingerprint density at radius 3 is 2.41 bits per heavy atom. The minimum absolute atomic E-state index is 0.235. The predicted octanol–water partition coefficient (Wildman–Crippen LogP) is 2.04. The number of carbonyl (C=O) groups excluding carboxylic acids is 1. The van der Waals surface area contributed by atoms with E-state index in [-0.39, 0.29) is 6.61 Å². The van der Waals surface area contributed by atoms with E-state index in [1.807, 2.05) is 0 Å². The lowest BCUT2D eigenvalue weighted by Crippen LogP contribution is -2.27. The van der Waals surface area contributed by atoms with Crippen molar-refractivity contribution < 1.29 is 24.1 Å². The maximum atomic E-state index is 11.9. The number of benzene rings is 1. The molecule has 0 heterocycles. The first-order valence-electron chi connectivity index (χ1n) is 6.84. The van der Waals surface area contributed by atoms with E-state index >= 15 is 0 Å². The number of amides is 1. The third-order valence-electron chi connectivity index (χ3n) is 2.76. The predicted molar refractivity (Wildman–Crippen MR) is 83.4 cm³/mol. The normalized spacial score (nSPS) is 12.5. The van der Waals surface area contributed by atoms with Crippen LogP contribution in [0.1, 0.15) is 32.4 Å². The Labute approximate surface area is 130 Å². The molecule has 1 aromatic rings. The number of hydrogen-bond donors (Lipinski definition) is 3. The molecule has 0 aromatic heterocycles. The van der Waals surface area contributed by atoms with Crippen molar-refractivity contribution in [3.8, 4) is 11.5 Å². The second-order valence-corrected chi connectivity index (χ2v) is 5.72. The molecule has 4 N–H and O–H groups in total. The second-order valence-electron chi connectivity index (χ2n) is 5.72. The first-order chi connectivity index (χ1) is 10.2. The number of aliphatic hydroxyl groups excluding tert-OH is 1. The number of nitrogens with one attached hydrogen (secondary N) is 1. The third-order valence-corrected chi connectivity index (χ3v) is 2.76. The number of rotatable bonds is 5. The lowest BCUT2D eigenvalue weighted by Gasteiger charge is -2.21. The molecule has 1 atom stereocenters. The zero-order valence-corrected chi connectivity index (χ0v) is 13.6. The maximum Gasteiger partial charge on any atom is 0.412 e. The number of aliphatic hydroxyl groups is 1. The molecule has 0 aliphatic rings. The van der Waals surface area contributed by atoms with Crippen LogP contribution in [0.3, 0.4) is 0 Å². The van der Waals surface area contributed by atoms with Crippen LogP contribution in [0.4, 0.5) is 10.5 Å². The van der Waals surface area contributed by atoms with Gasteiger partial charge in [-0.15, -0.1) is 0 Å². The van der Waals surface area contributed by atoms with E-state index in [4.69, 9.17) is 19.9 Å². The van der Waals surface area contributed by atoms with Crippen LogP contribution >= 0.6 is 0 Å². The molecule has 1 amide bonds. The van der Waals surface area contributed by atoms with Gasteiger partial charge in [0.2, 0.25) is 0 Å². The molecular formula is C15H24N2O5. The lowest BCUT2D eigenvalue weighted by atomic mass is 10.1. The second kappa shape index (κ2) is 7.33. The van der Waals surface area contributed by atoms with Gasteiger partial charge in [0.25, 0.3) is 0 Å². The van der Waals surface area contributed by atoms with Crippen molar-refractivity contribution in [1.29, 1.82) is 0 Å². The summed E-state index contributed by atoms with van der Waals surface area (Å²) in [4.78, 5) is 11.9. The zero-order valence-electron chi connectivity index (χ0n) is 13.6. The quantitative estimate of drug-likeness (QED) is 0.769. The summed E-state index contributed by atoms with van der Waals surface area (Å²) in [6.07, 6.45) is -0.623. The number of anilines is 1. The summed E-state index contributed by atoms with van der Waals surface area (Å²) in [5.41, 5.74) is 6.16. The molecule has 1 rings (SSSR count). The van der Waals surface area contributed by atoms with Gasteiger partial charge in [0.05, 0.1) is 32.6 Å². The van der Waals surface area contributed by atoms with E-state index in [9.17, 15) is 9.90 Å². The highest BCUT2D eigenvalue weighted by Crippen LogP contribution is 2.38. The van der Waals surface area contributed by atoms with Crippen LogP contribution in [0.2, 0.25) is 0 Å². The summed E-state index contributed by atoms with van der Waals surface area (Å²) in [7, 11) is 2.94. The highest BCUT2D eigenvalue weighted by molar-refractivity contribution is 5.88. The van der Waals surface area contributed by atoms with Crippen LogP contribution < -0.4 is 20.5 Å². The molecule has 7 nitrogen and oxygen atoms in total. The van der Waals surface area contributed by atoms with E-state index in [2.05, 4.69) is 5.32 Å². The fourth-order valence-corrected chi connectivity index (χ4v) is 1.81. The smallest absolute Gasteiger partial charge is 0.412 e. The number of hydrogen-bond acceptors (Lipinski definition) is 6. The standard InChI is InChI=1S/C15H24N2O5/c1-15(2,3)22-14(19)17-11-6-9(10(16)8-18)7-12(20-4)13(11)21-5/h6-7,10,18H,8,16H2,1-5H3,(H,17,19)/t10-/m0/s1.